The van der Waals surface area contributed by atoms with Crippen LogP contribution in [0.3, 0.4) is 0 Å². The summed E-state index contributed by atoms with van der Waals surface area (Å²) >= 11 is 3.69. The molecule has 1 aromatic rings. The normalized spacial score (nSPS) is 17.0. The van der Waals surface area contributed by atoms with Crippen LogP contribution in [0.5, 0.6) is 0 Å². The molecular formula is C15H22BrN. The summed E-state index contributed by atoms with van der Waals surface area (Å²) in [5, 5.41) is 0. The van der Waals surface area contributed by atoms with Gasteiger partial charge in [-0.15, -0.1) is 0 Å². The third-order valence-electron chi connectivity index (χ3n) is 3.59. The van der Waals surface area contributed by atoms with Crippen LogP contribution in [-0.2, 0) is 12.8 Å². The predicted molar refractivity (Wildman–Crippen MR) is 77.2 cm³/mol. The highest BCUT2D eigenvalue weighted by Gasteiger charge is 2.16. The fourth-order valence-corrected chi connectivity index (χ4v) is 3.38. The van der Waals surface area contributed by atoms with Crippen LogP contribution in [0.2, 0.25) is 0 Å². The van der Waals surface area contributed by atoms with Crippen LogP contribution in [0.15, 0.2) is 16.6 Å². The average Bonchev–Trinajstić information content (AvgIpc) is 2.27. The van der Waals surface area contributed by atoms with Gasteiger partial charge in [-0.3, -0.25) is 0 Å². The first-order valence-corrected chi connectivity index (χ1v) is 7.44. The first kappa shape index (κ1) is 13.1. The first-order chi connectivity index (χ1) is 8.08. The van der Waals surface area contributed by atoms with E-state index in [1.807, 2.05) is 0 Å². The van der Waals surface area contributed by atoms with Gasteiger partial charge in [0.1, 0.15) is 0 Å². The van der Waals surface area contributed by atoms with E-state index in [-0.39, 0.29) is 6.04 Å². The maximum atomic E-state index is 6.30. The van der Waals surface area contributed by atoms with E-state index >= 15 is 0 Å². The smallest absolute Gasteiger partial charge is 0.0308 e. The second kappa shape index (κ2) is 5.53. The van der Waals surface area contributed by atoms with Crippen molar-refractivity contribution in [2.75, 3.05) is 0 Å². The van der Waals surface area contributed by atoms with Gasteiger partial charge in [-0.25, -0.2) is 0 Å². The van der Waals surface area contributed by atoms with E-state index in [2.05, 4.69) is 41.9 Å². The minimum absolute atomic E-state index is 0.164. The molecule has 17 heavy (non-hydrogen) atoms. The molecule has 0 radical (unpaired) electrons. The Hall–Kier alpha value is -0.340. The summed E-state index contributed by atoms with van der Waals surface area (Å²) in [6, 6.07) is 4.80. The van der Waals surface area contributed by atoms with Crippen molar-refractivity contribution in [3.8, 4) is 0 Å². The Labute approximate surface area is 113 Å². The van der Waals surface area contributed by atoms with Crippen molar-refractivity contribution in [1.82, 2.24) is 0 Å². The molecule has 0 heterocycles. The zero-order chi connectivity index (χ0) is 12.4. The summed E-state index contributed by atoms with van der Waals surface area (Å²) < 4.78 is 1.20. The van der Waals surface area contributed by atoms with Gasteiger partial charge in [0, 0.05) is 10.5 Å². The van der Waals surface area contributed by atoms with Crippen molar-refractivity contribution in [2.45, 2.75) is 52.0 Å². The molecule has 1 aliphatic carbocycles. The molecule has 0 spiro atoms. The molecule has 94 valence electrons. The number of nitrogens with two attached hydrogens (primary N) is 1. The third kappa shape index (κ3) is 3.11. The van der Waals surface area contributed by atoms with Gasteiger partial charge in [-0.1, -0.05) is 35.8 Å². The minimum atomic E-state index is 0.164. The SMILES string of the molecule is CC(C)CC(N)c1cc2c(cc1Br)CCCC2. The van der Waals surface area contributed by atoms with Crippen molar-refractivity contribution in [3.63, 3.8) is 0 Å². The number of halogens is 1. The number of aryl methyl sites for hydroxylation is 2. The number of rotatable bonds is 3. The van der Waals surface area contributed by atoms with E-state index in [9.17, 15) is 0 Å². The Balaban J connectivity index is 2.28. The molecule has 1 unspecified atom stereocenters. The van der Waals surface area contributed by atoms with E-state index in [1.165, 1.54) is 46.8 Å². The van der Waals surface area contributed by atoms with Crippen molar-refractivity contribution < 1.29 is 0 Å². The Bertz CT molecular complexity index is 398. The average molecular weight is 296 g/mol. The lowest BCUT2D eigenvalue weighted by Gasteiger charge is -2.21. The molecule has 0 fully saturated rings. The first-order valence-electron chi connectivity index (χ1n) is 6.64. The molecule has 0 saturated carbocycles. The maximum absolute atomic E-state index is 6.30. The Morgan fingerprint density at radius 3 is 2.35 bits per heavy atom. The fourth-order valence-electron chi connectivity index (χ4n) is 2.69. The molecule has 2 N–H and O–H groups in total. The highest BCUT2D eigenvalue weighted by molar-refractivity contribution is 9.10. The largest absolute Gasteiger partial charge is 0.324 e. The molecule has 1 aromatic carbocycles. The molecule has 1 aliphatic rings. The van der Waals surface area contributed by atoms with Crippen LogP contribution in [0.1, 0.15) is 55.8 Å². The molecule has 0 aliphatic heterocycles. The van der Waals surface area contributed by atoms with Crippen molar-refractivity contribution in [3.05, 3.63) is 33.3 Å². The number of benzene rings is 1. The summed E-state index contributed by atoms with van der Waals surface area (Å²) in [6.07, 6.45) is 6.17. The van der Waals surface area contributed by atoms with Gasteiger partial charge < -0.3 is 5.73 Å². The standard InChI is InChI=1S/C15H22BrN/c1-10(2)7-15(17)13-8-11-5-3-4-6-12(11)9-14(13)16/h8-10,15H,3-7,17H2,1-2H3. The molecule has 0 saturated heterocycles. The second-order valence-electron chi connectivity index (χ2n) is 5.59. The fraction of sp³-hybridized carbons (Fsp3) is 0.600. The monoisotopic (exact) mass is 295 g/mol. The Morgan fingerprint density at radius 1 is 1.18 bits per heavy atom. The van der Waals surface area contributed by atoms with Crippen LogP contribution in [-0.4, -0.2) is 0 Å². The van der Waals surface area contributed by atoms with Crippen LogP contribution < -0.4 is 5.73 Å². The molecule has 0 aromatic heterocycles. The van der Waals surface area contributed by atoms with Gasteiger partial charge in [0.05, 0.1) is 0 Å². The Kier molecular flexibility index (Phi) is 4.26. The van der Waals surface area contributed by atoms with Gasteiger partial charge in [0.2, 0.25) is 0 Å². The van der Waals surface area contributed by atoms with E-state index in [4.69, 9.17) is 5.73 Å². The molecule has 0 bridgehead atoms. The van der Waals surface area contributed by atoms with Crippen LogP contribution in [0.25, 0.3) is 0 Å². The van der Waals surface area contributed by atoms with E-state index < -0.39 is 0 Å². The van der Waals surface area contributed by atoms with Gasteiger partial charge in [-0.2, -0.15) is 0 Å². The third-order valence-corrected chi connectivity index (χ3v) is 4.27. The van der Waals surface area contributed by atoms with Crippen molar-refractivity contribution >= 4 is 15.9 Å². The lowest BCUT2D eigenvalue weighted by atomic mass is 9.88. The summed E-state index contributed by atoms with van der Waals surface area (Å²) in [6.45, 7) is 4.46. The summed E-state index contributed by atoms with van der Waals surface area (Å²) in [4.78, 5) is 0. The van der Waals surface area contributed by atoms with Gasteiger partial charge in [0.25, 0.3) is 0 Å². The van der Waals surface area contributed by atoms with Gasteiger partial charge in [-0.05, 0) is 60.8 Å². The summed E-state index contributed by atoms with van der Waals surface area (Å²) in [5.74, 6) is 0.646. The highest BCUT2D eigenvalue weighted by Crippen LogP contribution is 2.32. The number of fused-ring (bicyclic) bond motifs is 1. The topological polar surface area (TPSA) is 26.0 Å². The van der Waals surface area contributed by atoms with Gasteiger partial charge >= 0.3 is 0 Å². The summed E-state index contributed by atoms with van der Waals surface area (Å²) in [5.41, 5.74) is 10.6. The molecule has 1 nitrogen and oxygen atoms in total. The minimum Gasteiger partial charge on any atom is -0.324 e. The molecule has 2 rings (SSSR count). The van der Waals surface area contributed by atoms with Crippen LogP contribution in [0, 0.1) is 5.92 Å². The molecule has 2 heteroatoms. The summed E-state index contributed by atoms with van der Waals surface area (Å²) in [7, 11) is 0. The van der Waals surface area contributed by atoms with Crippen molar-refractivity contribution in [1.29, 1.82) is 0 Å². The second-order valence-corrected chi connectivity index (χ2v) is 6.44. The molecular weight excluding hydrogens is 274 g/mol. The lowest BCUT2D eigenvalue weighted by molar-refractivity contribution is 0.508. The quantitative estimate of drug-likeness (QED) is 0.880. The van der Waals surface area contributed by atoms with Crippen LogP contribution in [0.4, 0.5) is 0 Å². The van der Waals surface area contributed by atoms with E-state index in [0.717, 1.165) is 6.42 Å². The zero-order valence-electron chi connectivity index (χ0n) is 10.8. The zero-order valence-corrected chi connectivity index (χ0v) is 12.4. The number of hydrogen-bond acceptors (Lipinski definition) is 1. The van der Waals surface area contributed by atoms with E-state index in [1.54, 1.807) is 0 Å². The number of hydrogen-bond donors (Lipinski definition) is 1. The van der Waals surface area contributed by atoms with Gasteiger partial charge in [0.15, 0.2) is 0 Å². The Morgan fingerprint density at radius 2 is 1.76 bits per heavy atom. The predicted octanol–water partition coefficient (Wildman–Crippen LogP) is 4.37. The maximum Gasteiger partial charge on any atom is 0.0308 e. The molecule has 0 amide bonds. The lowest BCUT2D eigenvalue weighted by Crippen LogP contribution is -2.15. The molecule has 1 atom stereocenters. The highest BCUT2D eigenvalue weighted by atomic mass is 79.9. The van der Waals surface area contributed by atoms with Crippen LogP contribution >= 0.6 is 15.9 Å². The van der Waals surface area contributed by atoms with Crippen molar-refractivity contribution in [2.24, 2.45) is 11.7 Å². The van der Waals surface area contributed by atoms with E-state index in [0.29, 0.717) is 5.92 Å².